The van der Waals surface area contributed by atoms with Crippen LogP contribution >= 0.6 is 23.2 Å². The molecule has 0 spiro atoms. The fourth-order valence-corrected chi connectivity index (χ4v) is 4.63. The number of aryl methyl sites for hydroxylation is 1. The molecule has 1 aromatic rings. The van der Waals surface area contributed by atoms with Crippen LogP contribution < -0.4 is 0 Å². The Bertz CT molecular complexity index is 921. The van der Waals surface area contributed by atoms with Gasteiger partial charge in [0.1, 0.15) is 17.3 Å². The highest BCUT2D eigenvalue weighted by Crippen LogP contribution is 2.33. The van der Waals surface area contributed by atoms with Crippen LogP contribution in [0.5, 0.6) is 0 Å². The van der Waals surface area contributed by atoms with Gasteiger partial charge in [-0.05, 0) is 77.8 Å². The van der Waals surface area contributed by atoms with Crippen molar-refractivity contribution < 1.29 is 13.9 Å². The molecule has 0 N–H and O–H groups in total. The Labute approximate surface area is 200 Å². The number of ether oxygens (including phenoxy) is 1. The number of fused-ring (bicyclic) bond motifs is 1. The normalized spacial score (nSPS) is 20.9. The molecular formula is C25H33Cl2FN2O2. The van der Waals surface area contributed by atoms with Gasteiger partial charge in [0.15, 0.2) is 0 Å². The summed E-state index contributed by atoms with van der Waals surface area (Å²) in [5, 5.41) is 0.749. The zero-order valence-corrected chi connectivity index (χ0v) is 21.0. The van der Waals surface area contributed by atoms with Crippen molar-refractivity contribution in [1.29, 1.82) is 0 Å². The molecule has 32 heavy (non-hydrogen) atoms. The molecule has 1 saturated heterocycles. The van der Waals surface area contributed by atoms with E-state index in [-0.39, 0.29) is 16.9 Å². The van der Waals surface area contributed by atoms with Gasteiger partial charge in [-0.25, -0.2) is 9.38 Å². The third kappa shape index (κ3) is 6.48. The monoisotopic (exact) mass is 482 g/mol. The highest BCUT2D eigenvalue weighted by molar-refractivity contribution is 6.43. The molecule has 4 nitrogen and oxygen atoms in total. The standard InChI is InChI=1S/C25H33Cl2FN2O2/c1-16-10-11-18-14-19(26)20(28)15-21(18)29-23(22(16)27)30-12-6-5-8-17(9-7-13-30)24(31)32-25(2,3)4/h14-15,17H,5-13H2,1-4H3. The summed E-state index contributed by atoms with van der Waals surface area (Å²) in [5.41, 5.74) is 2.09. The first-order valence-electron chi connectivity index (χ1n) is 11.4. The summed E-state index contributed by atoms with van der Waals surface area (Å²) in [6, 6.07) is 3.07. The maximum atomic E-state index is 14.2. The third-order valence-corrected chi connectivity index (χ3v) is 6.72. The van der Waals surface area contributed by atoms with E-state index in [1.165, 1.54) is 6.07 Å². The Morgan fingerprint density at radius 1 is 1.12 bits per heavy atom. The topological polar surface area (TPSA) is 41.9 Å². The van der Waals surface area contributed by atoms with Crippen LogP contribution in [-0.2, 0) is 16.0 Å². The van der Waals surface area contributed by atoms with Crippen molar-refractivity contribution in [3.63, 3.8) is 0 Å². The lowest BCUT2D eigenvalue weighted by Crippen LogP contribution is -2.34. The lowest BCUT2D eigenvalue weighted by Gasteiger charge is -2.28. The molecule has 1 atom stereocenters. The summed E-state index contributed by atoms with van der Waals surface area (Å²) >= 11 is 12.8. The van der Waals surface area contributed by atoms with Gasteiger partial charge in [-0.15, -0.1) is 0 Å². The molecule has 2 aliphatic rings. The molecule has 1 aromatic carbocycles. The molecule has 0 bridgehead atoms. The molecule has 0 aromatic heterocycles. The molecular weight excluding hydrogens is 450 g/mol. The van der Waals surface area contributed by atoms with Gasteiger partial charge < -0.3 is 9.64 Å². The largest absolute Gasteiger partial charge is 0.460 e. The fraction of sp³-hybridized carbons (Fsp3) is 0.600. The number of halogens is 3. The van der Waals surface area contributed by atoms with Crippen LogP contribution in [0.25, 0.3) is 0 Å². The maximum absolute atomic E-state index is 14.2. The molecule has 2 aliphatic heterocycles. The predicted octanol–water partition coefficient (Wildman–Crippen LogP) is 7.19. The highest BCUT2D eigenvalue weighted by Gasteiger charge is 2.27. The molecule has 176 valence electrons. The van der Waals surface area contributed by atoms with Gasteiger partial charge in [0.25, 0.3) is 0 Å². The first kappa shape index (κ1) is 25.0. The molecule has 0 amide bonds. The summed E-state index contributed by atoms with van der Waals surface area (Å²) in [6.45, 7) is 9.24. The van der Waals surface area contributed by atoms with Crippen LogP contribution in [0.15, 0.2) is 27.7 Å². The first-order valence-corrected chi connectivity index (χ1v) is 12.2. The number of carbonyl (C=O) groups is 1. The lowest BCUT2D eigenvalue weighted by molar-refractivity contribution is -0.160. The van der Waals surface area contributed by atoms with E-state index in [1.54, 1.807) is 6.07 Å². The van der Waals surface area contributed by atoms with Crippen molar-refractivity contribution in [2.45, 2.75) is 78.2 Å². The minimum atomic E-state index is -0.476. The van der Waals surface area contributed by atoms with E-state index in [1.807, 2.05) is 27.7 Å². The van der Waals surface area contributed by atoms with E-state index >= 15 is 0 Å². The molecule has 7 heteroatoms. The Hall–Kier alpha value is -1.59. The van der Waals surface area contributed by atoms with Crippen molar-refractivity contribution in [1.82, 2.24) is 4.90 Å². The second-order valence-electron chi connectivity index (χ2n) is 9.78. The molecule has 0 radical (unpaired) electrons. The zero-order valence-electron chi connectivity index (χ0n) is 19.4. The molecule has 2 heterocycles. The van der Waals surface area contributed by atoms with E-state index in [2.05, 4.69) is 4.90 Å². The number of amidine groups is 1. The van der Waals surface area contributed by atoms with Gasteiger partial charge >= 0.3 is 5.97 Å². The number of nitrogens with zero attached hydrogens (tertiary/aromatic N) is 2. The number of benzene rings is 1. The summed E-state index contributed by atoms with van der Waals surface area (Å²) in [4.78, 5) is 19.6. The maximum Gasteiger partial charge on any atom is 0.309 e. The minimum absolute atomic E-state index is 0.0850. The summed E-state index contributed by atoms with van der Waals surface area (Å²) < 4.78 is 19.8. The van der Waals surface area contributed by atoms with Gasteiger partial charge in [-0.1, -0.05) is 35.2 Å². The van der Waals surface area contributed by atoms with Crippen molar-refractivity contribution in [2.75, 3.05) is 13.1 Å². The van der Waals surface area contributed by atoms with Crippen LogP contribution in [0.4, 0.5) is 10.1 Å². The molecule has 1 unspecified atom stereocenters. The van der Waals surface area contributed by atoms with Crippen LogP contribution in [0.2, 0.25) is 5.02 Å². The SMILES string of the molecule is CC1=C(Cl)C(N2CCCCC(C(=O)OC(C)(C)C)CCC2)=Nc2cc(F)c(Cl)cc2CC1. The van der Waals surface area contributed by atoms with E-state index in [0.29, 0.717) is 23.0 Å². The number of carbonyl (C=O) groups excluding carboxylic acids is 1. The van der Waals surface area contributed by atoms with Gasteiger partial charge in [0.2, 0.25) is 0 Å². The Morgan fingerprint density at radius 3 is 2.53 bits per heavy atom. The fourth-order valence-electron chi connectivity index (χ4n) is 4.19. The van der Waals surface area contributed by atoms with Gasteiger partial charge in [-0.3, -0.25) is 4.79 Å². The average Bonchev–Trinajstić information content (AvgIpc) is 2.82. The number of hydrogen-bond acceptors (Lipinski definition) is 4. The minimum Gasteiger partial charge on any atom is -0.460 e. The van der Waals surface area contributed by atoms with Gasteiger partial charge in [0.05, 0.1) is 21.7 Å². The quantitative estimate of drug-likeness (QED) is 0.397. The molecule has 0 aliphatic carbocycles. The highest BCUT2D eigenvalue weighted by atomic mass is 35.5. The Balaban J connectivity index is 1.84. The lowest BCUT2D eigenvalue weighted by atomic mass is 9.97. The average molecular weight is 483 g/mol. The van der Waals surface area contributed by atoms with E-state index in [9.17, 15) is 9.18 Å². The van der Waals surface area contributed by atoms with Crippen LogP contribution in [-0.4, -0.2) is 35.4 Å². The van der Waals surface area contributed by atoms with E-state index in [0.717, 1.165) is 62.8 Å². The number of rotatable bonds is 1. The number of allylic oxidation sites excluding steroid dienone is 1. The second kappa shape index (κ2) is 10.6. The smallest absolute Gasteiger partial charge is 0.309 e. The number of esters is 1. The third-order valence-electron chi connectivity index (χ3n) is 5.94. The predicted molar refractivity (Wildman–Crippen MR) is 129 cm³/mol. The van der Waals surface area contributed by atoms with Crippen molar-refractivity contribution in [3.8, 4) is 0 Å². The Morgan fingerprint density at radius 2 is 1.81 bits per heavy atom. The van der Waals surface area contributed by atoms with Crippen LogP contribution in [0, 0.1) is 11.7 Å². The first-order chi connectivity index (χ1) is 15.0. The van der Waals surface area contributed by atoms with Gasteiger partial charge in [-0.2, -0.15) is 0 Å². The summed E-state index contributed by atoms with van der Waals surface area (Å²) in [5.74, 6) is 0.0144. The summed E-state index contributed by atoms with van der Waals surface area (Å²) in [6.07, 6.45) is 5.74. The van der Waals surface area contributed by atoms with E-state index in [4.69, 9.17) is 32.9 Å². The van der Waals surface area contributed by atoms with Crippen LogP contribution in [0.1, 0.15) is 71.8 Å². The number of aliphatic imine (C=N–C) groups is 1. The van der Waals surface area contributed by atoms with E-state index < -0.39 is 11.4 Å². The molecule has 3 rings (SSSR count). The molecule has 1 fully saturated rings. The summed E-state index contributed by atoms with van der Waals surface area (Å²) in [7, 11) is 0. The second-order valence-corrected chi connectivity index (χ2v) is 10.6. The van der Waals surface area contributed by atoms with Crippen LogP contribution in [0.3, 0.4) is 0 Å². The van der Waals surface area contributed by atoms with Crippen molar-refractivity contribution in [3.05, 3.63) is 39.1 Å². The number of hydrogen-bond donors (Lipinski definition) is 0. The Kier molecular flexibility index (Phi) is 8.26. The zero-order chi connectivity index (χ0) is 23.5. The van der Waals surface area contributed by atoms with Crippen molar-refractivity contribution >= 4 is 40.7 Å². The molecule has 0 saturated carbocycles. The van der Waals surface area contributed by atoms with Gasteiger partial charge in [0, 0.05) is 19.2 Å². The van der Waals surface area contributed by atoms with Crippen molar-refractivity contribution in [2.24, 2.45) is 10.9 Å².